The van der Waals surface area contributed by atoms with Crippen molar-refractivity contribution in [2.45, 2.75) is 20.4 Å². The maximum Gasteiger partial charge on any atom is 0.131 e. The Labute approximate surface area is 106 Å². The van der Waals surface area contributed by atoms with Gasteiger partial charge in [0.15, 0.2) is 0 Å². The summed E-state index contributed by atoms with van der Waals surface area (Å²) in [4.78, 5) is 0. The Morgan fingerprint density at radius 1 is 1.24 bits per heavy atom. The van der Waals surface area contributed by atoms with Crippen molar-refractivity contribution in [1.82, 2.24) is 9.78 Å². The van der Waals surface area contributed by atoms with Crippen molar-refractivity contribution in [2.24, 2.45) is 7.05 Å². The molecule has 0 amide bonds. The average molecular weight is 250 g/mol. The number of aryl methyl sites for hydroxylation is 3. The van der Waals surface area contributed by atoms with E-state index in [4.69, 9.17) is 11.6 Å². The zero-order valence-electron chi connectivity index (χ0n) is 10.3. The number of benzene rings is 1. The fourth-order valence-corrected chi connectivity index (χ4v) is 1.98. The molecule has 0 aliphatic carbocycles. The van der Waals surface area contributed by atoms with Gasteiger partial charge in [-0.3, -0.25) is 4.68 Å². The first-order valence-electron chi connectivity index (χ1n) is 5.56. The molecule has 2 aromatic rings. The molecule has 0 aliphatic rings. The summed E-state index contributed by atoms with van der Waals surface area (Å²) in [5, 5.41) is 8.32. The third-order valence-corrected chi connectivity index (χ3v) is 3.26. The van der Waals surface area contributed by atoms with Crippen LogP contribution in [0.25, 0.3) is 0 Å². The number of rotatable bonds is 3. The van der Waals surface area contributed by atoms with Gasteiger partial charge in [-0.05, 0) is 26.0 Å². The average Bonchev–Trinajstić information content (AvgIpc) is 2.54. The summed E-state index contributed by atoms with van der Waals surface area (Å²) in [5.41, 5.74) is 4.37. The van der Waals surface area contributed by atoms with Gasteiger partial charge in [-0.25, -0.2) is 0 Å². The molecular weight excluding hydrogens is 234 g/mol. The molecule has 4 heteroatoms. The minimum atomic E-state index is 0.696. The van der Waals surface area contributed by atoms with E-state index in [2.05, 4.69) is 41.6 Å². The molecule has 1 aromatic heterocycles. The van der Waals surface area contributed by atoms with Crippen molar-refractivity contribution >= 4 is 17.3 Å². The van der Waals surface area contributed by atoms with E-state index >= 15 is 0 Å². The van der Waals surface area contributed by atoms with E-state index in [9.17, 15) is 0 Å². The van der Waals surface area contributed by atoms with Crippen LogP contribution in [-0.2, 0) is 13.6 Å². The Morgan fingerprint density at radius 3 is 2.41 bits per heavy atom. The molecule has 0 spiro atoms. The molecule has 1 aromatic carbocycles. The van der Waals surface area contributed by atoms with Gasteiger partial charge in [0.05, 0.1) is 5.69 Å². The third kappa shape index (κ3) is 2.61. The number of aromatic nitrogens is 2. The van der Waals surface area contributed by atoms with Crippen LogP contribution in [0.4, 0.5) is 5.69 Å². The van der Waals surface area contributed by atoms with Crippen molar-refractivity contribution in [1.29, 1.82) is 0 Å². The molecule has 0 aliphatic heterocycles. The molecular formula is C13H16ClN3. The molecule has 0 unspecified atom stereocenters. The Balaban J connectivity index is 2.09. The second-order valence-electron chi connectivity index (χ2n) is 4.20. The van der Waals surface area contributed by atoms with Gasteiger partial charge >= 0.3 is 0 Å². The third-order valence-electron chi connectivity index (χ3n) is 2.79. The molecule has 0 fully saturated rings. The molecule has 0 saturated carbocycles. The van der Waals surface area contributed by atoms with Gasteiger partial charge in [0.2, 0.25) is 0 Å². The number of hydrogen-bond acceptors (Lipinski definition) is 2. The SMILES string of the molecule is Cc1ccc(NCc2c(C)nn(C)c2Cl)cc1. The van der Waals surface area contributed by atoms with Crippen molar-refractivity contribution in [3.63, 3.8) is 0 Å². The predicted molar refractivity (Wildman–Crippen MR) is 71.5 cm³/mol. The summed E-state index contributed by atoms with van der Waals surface area (Å²) in [6, 6.07) is 8.30. The summed E-state index contributed by atoms with van der Waals surface area (Å²) >= 11 is 6.17. The zero-order chi connectivity index (χ0) is 12.4. The quantitative estimate of drug-likeness (QED) is 0.905. The number of nitrogens with one attached hydrogen (secondary N) is 1. The van der Waals surface area contributed by atoms with Crippen molar-refractivity contribution in [3.05, 3.63) is 46.2 Å². The highest BCUT2D eigenvalue weighted by molar-refractivity contribution is 6.30. The smallest absolute Gasteiger partial charge is 0.131 e. The summed E-state index contributed by atoms with van der Waals surface area (Å²) in [7, 11) is 1.85. The van der Waals surface area contributed by atoms with Crippen LogP contribution < -0.4 is 5.32 Å². The van der Waals surface area contributed by atoms with E-state index in [1.54, 1.807) is 4.68 Å². The van der Waals surface area contributed by atoms with Crippen LogP contribution in [0, 0.1) is 13.8 Å². The fourth-order valence-electron chi connectivity index (χ4n) is 1.74. The lowest BCUT2D eigenvalue weighted by Crippen LogP contribution is -2.00. The molecule has 3 nitrogen and oxygen atoms in total. The van der Waals surface area contributed by atoms with Gasteiger partial charge in [0.1, 0.15) is 5.15 Å². The predicted octanol–water partition coefficient (Wildman–Crippen LogP) is 3.30. The lowest BCUT2D eigenvalue weighted by molar-refractivity contribution is 0.757. The molecule has 0 saturated heterocycles. The Hall–Kier alpha value is -1.48. The van der Waals surface area contributed by atoms with Crippen molar-refractivity contribution in [2.75, 3.05) is 5.32 Å². The first-order valence-corrected chi connectivity index (χ1v) is 5.94. The first-order chi connectivity index (χ1) is 8.08. The van der Waals surface area contributed by atoms with Crippen LogP contribution in [0.15, 0.2) is 24.3 Å². The van der Waals surface area contributed by atoms with E-state index < -0.39 is 0 Å². The second-order valence-corrected chi connectivity index (χ2v) is 4.56. The molecule has 17 heavy (non-hydrogen) atoms. The highest BCUT2D eigenvalue weighted by Crippen LogP contribution is 2.20. The Bertz CT molecular complexity index is 514. The van der Waals surface area contributed by atoms with Gasteiger partial charge in [-0.2, -0.15) is 5.10 Å². The summed E-state index contributed by atoms with van der Waals surface area (Å²) in [5.74, 6) is 0. The van der Waals surface area contributed by atoms with E-state index in [-0.39, 0.29) is 0 Å². The largest absolute Gasteiger partial charge is 0.381 e. The minimum absolute atomic E-state index is 0.696. The van der Waals surface area contributed by atoms with Gasteiger partial charge < -0.3 is 5.32 Å². The first kappa shape index (κ1) is 12.0. The van der Waals surface area contributed by atoms with Gasteiger partial charge in [0.25, 0.3) is 0 Å². The maximum absolute atomic E-state index is 6.17. The van der Waals surface area contributed by atoms with Crippen molar-refractivity contribution in [3.8, 4) is 0 Å². The number of nitrogens with zero attached hydrogens (tertiary/aromatic N) is 2. The molecule has 0 radical (unpaired) electrons. The summed E-state index contributed by atoms with van der Waals surface area (Å²) < 4.78 is 1.70. The van der Waals surface area contributed by atoms with Crippen LogP contribution in [0.5, 0.6) is 0 Å². The number of hydrogen-bond donors (Lipinski definition) is 1. The monoisotopic (exact) mass is 249 g/mol. The van der Waals surface area contributed by atoms with E-state index in [0.717, 1.165) is 16.9 Å². The summed E-state index contributed by atoms with van der Waals surface area (Å²) in [6.45, 7) is 4.74. The van der Waals surface area contributed by atoms with Crippen LogP contribution in [0.1, 0.15) is 16.8 Å². The topological polar surface area (TPSA) is 29.9 Å². The van der Waals surface area contributed by atoms with Gasteiger partial charge in [0, 0.05) is 24.8 Å². The van der Waals surface area contributed by atoms with Crippen LogP contribution in [0.2, 0.25) is 5.15 Å². The highest BCUT2D eigenvalue weighted by atomic mass is 35.5. The standard InChI is InChI=1S/C13H16ClN3/c1-9-4-6-11(7-5-9)15-8-12-10(2)16-17(3)13(12)14/h4-7,15H,8H2,1-3H3. The van der Waals surface area contributed by atoms with E-state index in [1.165, 1.54) is 5.56 Å². The lowest BCUT2D eigenvalue weighted by atomic mass is 10.2. The van der Waals surface area contributed by atoms with Crippen molar-refractivity contribution < 1.29 is 0 Å². The van der Waals surface area contributed by atoms with Gasteiger partial charge in [-0.15, -0.1) is 0 Å². The van der Waals surface area contributed by atoms with E-state index in [0.29, 0.717) is 11.7 Å². The highest BCUT2D eigenvalue weighted by Gasteiger charge is 2.10. The fraction of sp³-hybridized carbons (Fsp3) is 0.308. The molecule has 1 N–H and O–H groups in total. The molecule has 90 valence electrons. The Kier molecular flexibility index (Phi) is 3.38. The molecule has 0 atom stereocenters. The maximum atomic E-state index is 6.17. The number of anilines is 1. The zero-order valence-corrected chi connectivity index (χ0v) is 11.0. The summed E-state index contributed by atoms with van der Waals surface area (Å²) in [6.07, 6.45) is 0. The Morgan fingerprint density at radius 2 is 1.88 bits per heavy atom. The minimum Gasteiger partial charge on any atom is -0.381 e. The molecule has 0 bridgehead atoms. The number of halogens is 1. The lowest BCUT2D eigenvalue weighted by Gasteiger charge is -2.06. The van der Waals surface area contributed by atoms with Gasteiger partial charge in [-0.1, -0.05) is 29.3 Å². The van der Waals surface area contributed by atoms with Crippen LogP contribution in [0.3, 0.4) is 0 Å². The molecule has 2 rings (SSSR count). The van der Waals surface area contributed by atoms with E-state index in [1.807, 2.05) is 14.0 Å². The van der Waals surface area contributed by atoms with Crippen LogP contribution in [-0.4, -0.2) is 9.78 Å². The normalized spacial score (nSPS) is 10.6. The molecule has 1 heterocycles. The second kappa shape index (κ2) is 4.80. The van der Waals surface area contributed by atoms with Crippen LogP contribution >= 0.6 is 11.6 Å².